The van der Waals surface area contributed by atoms with Gasteiger partial charge in [0.05, 0.1) is 16.5 Å². The molecule has 0 saturated heterocycles. The van der Waals surface area contributed by atoms with Crippen molar-refractivity contribution in [3.8, 4) is 0 Å². The minimum absolute atomic E-state index is 0.140. The number of nitro benzene ring substituents is 1. The molecule has 144 valence electrons. The molecule has 1 atom stereocenters. The van der Waals surface area contributed by atoms with Crippen LogP contribution in [0.15, 0.2) is 48.5 Å². The molecule has 1 unspecified atom stereocenters. The third kappa shape index (κ3) is 5.52. The first-order valence-electron chi connectivity index (χ1n) is 7.99. The fourth-order valence-electron chi connectivity index (χ4n) is 2.37. The second-order valence-corrected chi connectivity index (χ2v) is 6.08. The van der Waals surface area contributed by atoms with Crippen molar-refractivity contribution < 1.29 is 22.9 Å². The van der Waals surface area contributed by atoms with Gasteiger partial charge in [0.15, 0.2) is 0 Å². The number of benzene rings is 2. The van der Waals surface area contributed by atoms with Gasteiger partial charge in [-0.2, -0.15) is 13.2 Å². The lowest BCUT2D eigenvalue weighted by Crippen LogP contribution is -2.39. The zero-order valence-corrected chi connectivity index (χ0v) is 14.7. The molecule has 0 aliphatic carbocycles. The lowest BCUT2D eigenvalue weighted by molar-refractivity contribution is -0.384. The molecule has 0 heterocycles. The number of halogens is 3. The van der Waals surface area contributed by atoms with Crippen LogP contribution in [0, 0.1) is 10.1 Å². The first-order valence-corrected chi connectivity index (χ1v) is 7.99. The van der Waals surface area contributed by atoms with Gasteiger partial charge in [0, 0.05) is 24.4 Å². The molecular weight excluding hydrogens is 363 g/mol. The first kappa shape index (κ1) is 20.4. The van der Waals surface area contributed by atoms with E-state index in [1.807, 2.05) is 0 Å². The molecule has 9 heteroatoms. The average Bonchev–Trinajstić information content (AvgIpc) is 2.60. The number of carbonyl (C=O) groups is 1. The van der Waals surface area contributed by atoms with Gasteiger partial charge in [-0.25, -0.2) is 0 Å². The summed E-state index contributed by atoms with van der Waals surface area (Å²) in [5.41, 5.74) is 0.0495. The zero-order valence-electron chi connectivity index (χ0n) is 14.7. The first-order chi connectivity index (χ1) is 12.6. The maximum absolute atomic E-state index is 12.6. The van der Waals surface area contributed by atoms with Crippen LogP contribution >= 0.6 is 0 Å². The van der Waals surface area contributed by atoms with E-state index in [4.69, 9.17) is 0 Å². The van der Waals surface area contributed by atoms with Crippen molar-refractivity contribution >= 4 is 17.3 Å². The van der Waals surface area contributed by atoms with Crippen molar-refractivity contribution in [3.63, 3.8) is 0 Å². The lowest BCUT2D eigenvalue weighted by Gasteiger charge is -2.24. The molecule has 1 N–H and O–H groups in total. The summed E-state index contributed by atoms with van der Waals surface area (Å²) in [7, 11) is 1.66. The molecule has 0 aromatic heterocycles. The van der Waals surface area contributed by atoms with Crippen molar-refractivity contribution in [2.75, 3.05) is 12.4 Å². The van der Waals surface area contributed by atoms with Crippen molar-refractivity contribution in [2.24, 2.45) is 0 Å². The summed E-state index contributed by atoms with van der Waals surface area (Å²) in [4.78, 5) is 24.2. The van der Waals surface area contributed by atoms with Crippen LogP contribution in [0.4, 0.5) is 24.5 Å². The topological polar surface area (TPSA) is 75.5 Å². The number of non-ortho nitro benzene ring substituents is 1. The van der Waals surface area contributed by atoms with Crippen molar-refractivity contribution in [2.45, 2.75) is 25.7 Å². The number of hydrogen-bond acceptors (Lipinski definition) is 4. The summed E-state index contributed by atoms with van der Waals surface area (Å²) in [6.07, 6.45) is -4.39. The maximum Gasteiger partial charge on any atom is 0.416 e. The van der Waals surface area contributed by atoms with Crippen LogP contribution in [0.5, 0.6) is 0 Å². The standard InChI is InChI=1S/C18H18F3N3O3/c1-12(17(25)22-15-4-3-5-16(10-15)24(26)27)23(2)11-13-6-8-14(9-7-13)18(19,20)21/h3-10,12H,11H2,1-2H3,(H,22,25). The Morgan fingerprint density at radius 2 is 1.85 bits per heavy atom. The summed E-state index contributed by atoms with van der Waals surface area (Å²) in [5, 5.41) is 13.4. The summed E-state index contributed by atoms with van der Waals surface area (Å²) >= 11 is 0. The predicted octanol–water partition coefficient (Wildman–Crippen LogP) is 4.07. The SMILES string of the molecule is CC(C(=O)Nc1cccc([N+](=O)[O-])c1)N(C)Cc1ccc(C(F)(F)F)cc1. The van der Waals surface area contributed by atoms with E-state index in [0.29, 0.717) is 11.3 Å². The van der Waals surface area contributed by atoms with Crippen LogP contribution < -0.4 is 5.32 Å². The van der Waals surface area contributed by atoms with Crippen molar-refractivity contribution in [1.29, 1.82) is 0 Å². The molecule has 0 aliphatic heterocycles. The number of anilines is 1. The Morgan fingerprint density at radius 1 is 1.22 bits per heavy atom. The molecule has 0 radical (unpaired) electrons. The number of nitrogens with one attached hydrogen (secondary N) is 1. The summed E-state index contributed by atoms with van der Waals surface area (Å²) in [5.74, 6) is -0.384. The van der Waals surface area contributed by atoms with Gasteiger partial charge in [-0.15, -0.1) is 0 Å². The number of rotatable bonds is 6. The molecule has 2 aromatic rings. The quantitative estimate of drug-likeness (QED) is 0.605. The molecule has 27 heavy (non-hydrogen) atoms. The van der Waals surface area contributed by atoms with E-state index >= 15 is 0 Å². The van der Waals surface area contributed by atoms with E-state index in [9.17, 15) is 28.1 Å². The normalized spacial score (nSPS) is 12.7. The number of amides is 1. The van der Waals surface area contributed by atoms with Gasteiger partial charge in [-0.3, -0.25) is 19.8 Å². The second-order valence-electron chi connectivity index (χ2n) is 6.08. The third-order valence-electron chi connectivity index (χ3n) is 4.08. The molecule has 0 spiro atoms. The van der Waals surface area contributed by atoms with Crippen LogP contribution in [-0.4, -0.2) is 28.8 Å². The monoisotopic (exact) mass is 381 g/mol. The highest BCUT2D eigenvalue weighted by molar-refractivity contribution is 5.94. The second kappa shape index (κ2) is 8.17. The van der Waals surface area contributed by atoms with Crippen LogP contribution in [0.2, 0.25) is 0 Å². The number of nitro groups is 1. The van der Waals surface area contributed by atoms with Crippen LogP contribution in [0.3, 0.4) is 0 Å². The Morgan fingerprint density at radius 3 is 2.41 bits per heavy atom. The van der Waals surface area contributed by atoms with Gasteiger partial charge >= 0.3 is 6.18 Å². The fraction of sp³-hybridized carbons (Fsp3) is 0.278. The van der Waals surface area contributed by atoms with Gasteiger partial charge in [-0.05, 0) is 37.7 Å². The van der Waals surface area contributed by atoms with E-state index in [1.54, 1.807) is 18.9 Å². The van der Waals surface area contributed by atoms with Gasteiger partial charge in [-0.1, -0.05) is 18.2 Å². The lowest BCUT2D eigenvalue weighted by atomic mass is 10.1. The molecule has 0 saturated carbocycles. The number of nitrogens with zero attached hydrogens (tertiary/aromatic N) is 2. The Bertz CT molecular complexity index is 823. The Balaban J connectivity index is 1.99. The molecule has 0 bridgehead atoms. The minimum atomic E-state index is -4.39. The van der Waals surface area contributed by atoms with E-state index in [1.165, 1.54) is 36.4 Å². The van der Waals surface area contributed by atoms with E-state index in [2.05, 4.69) is 5.32 Å². The van der Waals surface area contributed by atoms with Gasteiger partial charge in [0.1, 0.15) is 0 Å². The highest BCUT2D eigenvalue weighted by Gasteiger charge is 2.30. The Kier molecular flexibility index (Phi) is 6.17. The van der Waals surface area contributed by atoms with Crippen molar-refractivity contribution in [3.05, 3.63) is 69.8 Å². The maximum atomic E-state index is 12.6. The van der Waals surface area contributed by atoms with Crippen LogP contribution in [-0.2, 0) is 17.5 Å². The fourth-order valence-corrected chi connectivity index (χ4v) is 2.37. The molecule has 2 aromatic carbocycles. The molecule has 6 nitrogen and oxygen atoms in total. The van der Waals surface area contributed by atoms with E-state index in [0.717, 1.165) is 12.1 Å². The number of carbonyl (C=O) groups excluding carboxylic acids is 1. The number of hydrogen-bond donors (Lipinski definition) is 1. The number of likely N-dealkylation sites (N-methyl/N-ethyl adjacent to an activating group) is 1. The largest absolute Gasteiger partial charge is 0.416 e. The van der Waals surface area contributed by atoms with Gasteiger partial charge < -0.3 is 5.32 Å². The van der Waals surface area contributed by atoms with Crippen molar-refractivity contribution in [1.82, 2.24) is 4.90 Å². The van der Waals surface area contributed by atoms with Gasteiger partial charge in [0.25, 0.3) is 5.69 Å². The van der Waals surface area contributed by atoms with Crippen LogP contribution in [0.25, 0.3) is 0 Å². The highest BCUT2D eigenvalue weighted by atomic mass is 19.4. The molecule has 2 rings (SSSR count). The molecule has 0 fully saturated rings. The summed E-state index contributed by atoms with van der Waals surface area (Å²) < 4.78 is 37.8. The smallest absolute Gasteiger partial charge is 0.324 e. The average molecular weight is 381 g/mol. The van der Waals surface area contributed by atoms with E-state index in [-0.39, 0.29) is 18.1 Å². The Labute approximate surface area is 153 Å². The zero-order chi connectivity index (χ0) is 20.2. The summed E-state index contributed by atoms with van der Waals surface area (Å²) in [6, 6.07) is 9.68. The van der Waals surface area contributed by atoms with E-state index < -0.39 is 22.7 Å². The predicted molar refractivity (Wildman–Crippen MR) is 94.1 cm³/mol. The number of alkyl halides is 3. The Hall–Kier alpha value is -2.94. The molecule has 1 amide bonds. The van der Waals surface area contributed by atoms with Gasteiger partial charge in [0.2, 0.25) is 5.91 Å². The van der Waals surface area contributed by atoms with Crippen LogP contribution in [0.1, 0.15) is 18.1 Å². The highest BCUT2D eigenvalue weighted by Crippen LogP contribution is 2.29. The minimum Gasteiger partial charge on any atom is -0.324 e. The third-order valence-corrected chi connectivity index (χ3v) is 4.08. The molecular formula is C18H18F3N3O3. The molecule has 0 aliphatic rings. The summed E-state index contributed by atoms with van der Waals surface area (Å²) in [6.45, 7) is 1.90.